The SMILES string of the molecule is Nc1cc(CBr)c(C(F)F)c(CC(=O)O)n1. The van der Waals surface area contributed by atoms with E-state index in [2.05, 4.69) is 20.9 Å². The number of hydrogen-bond acceptors (Lipinski definition) is 3. The Labute approximate surface area is 98.6 Å². The molecule has 0 amide bonds. The van der Waals surface area contributed by atoms with Crippen molar-refractivity contribution in [2.75, 3.05) is 5.73 Å². The predicted molar refractivity (Wildman–Crippen MR) is 57.6 cm³/mol. The molecule has 0 atom stereocenters. The number of rotatable bonds is 4. The first kappa shape index (κ1) is 12.8. The highest BCUT2D eigenvalue weighted by atomic mass is 79.9. The van der Waals surface area contributed by atoms with Crippen LogP contribution in [-0.2, 0) is 16.5 Å². The number of nitrogens with two attached hydrogens (primary N) is 1. The van der Waals surface area contributed by atoms with Crippen molar-refractivity contribution < 1.29 is 18.7 Å². The van der Waals surface area contributed by atoms with E-state index in [0.29, 0.717) is 0 Å². The zero-order valence-corrected chi connectivity index (χ0v) is 9.67. The third-order valence-corrected chi connectivity index (χ3v) is 2.53. The number of pyridine rings is 1. The third kappa shape index (κ3) is 2.88. The highest BCUT2D eigenvalue weighted by Gasteiger charge is 2.21. The van der Waals surface area contributed by atoms with Crippen molar-refractivity contribution in [2.24, 2.45) is 0 Å². The minimum atomic E-state index is -2.77. The summed E-state index contributed by atoms with van der Waals surface area (Å²) < 4.78 is 25.5. The highest BCUT2D eigenvalue weighted by Crippen LogP contribution is 2.29. The number of carbonyl (C=O) groups is 1. The van der Waals surface area contributed by atoms with Crippen molar-refractivity contribution in [1.29, 1.82) is 0 Å². The fourth-order valence-electron chi connectivity index (χ4n) is 1.34. The number of nitrogen functional groups attached to an aromatic ring is 1. The number of aliphatic carboxylic acids is 1. The van der Waals surface area contributed by atoms with Gasteiger partial charge in [-0.25, -0.2) is 13.8 Å². The van der Waals surface area contributed by atoms with Crippen LogP contribution in [0.3, 0.4) is 0 Å². The molecule has 0 aliphatic heterocycles. The van der Waals surface area contributed by atoms with E-state index in [-0.39, 0.29) is 28.0 Å². The fourth-order valence-corrected chi connectivity index (χ4v) is 1.81. The third-order valence-electron chi connectivity index (χ3n) is 1.92. The number of hydrogen-bond donors (Lipinski definition) is 2. The molecule has 0 bridgehead atoms. The number of aromatic nitrogens is 1. The van der Waals surface area contributed by atoms with Crippen molar-refractivity contribution in [3.05, 3.63) is 22.9 Å². The van der Waals surface area contributed by atoms with E-state index in [0.717, 1.165) is 0 Å². The van der Waals surface area contributed by atoms with Crippen LogP contribution in [0.15, 0.2) is 6.07 Å². The molecule has 4 nitrogen and oxygen atoms in total. The van der Waals surface area contributed by atoms with E-state index in [1.54, 1.807) is 0 Å². The first-order chi connectivity index (χ1) is 7.45. The Bertz CT molecular complexity index is 413. The Morgan fingerprint density at radius 2 is 2.25 bits per heavy atom. The molecule has 0 saturated heterocycles. The second-order valence-corrected chi connectivity index (χ2v) is 3.63. The van der Waals surface area contributed by atoms with Crippen LogP contribution < -0.4 is 5.73 Å². The summed E-state index contributed by atoms with van der Waals surface area (Å²) in [5, 5.41) is 8.76. The molecule has 0 aliphatic carbocycles. The van der Waals surface area contributed by atoms with Gasteiger partial charge >= 0.3 is 5.97 Å². The molecule has 88 valence electrons. The lowest BCUT2D eigenvalue weighted by Gasteiger charge is -2.11. The molecule has 1 aromatic rings. The Morgan fingerprint density at radius 3 is 2.69 bits per heavy atom. The van der Waals surface area contributed by atoms with Crippen molar-refractivity contribution in [3.63, 3.8) is 0 Å². The standard InChI is InChI=1S/C9H9BrF2N2O2/c10-3-4-1-6(13)14-5(2-7(15)16)8(4)9(11)12/h1,9H,2-3H2,(H2,13,14)(H,15,16). The Kier molecular flexibility index (Phi) is 4.17. The van der Waals surface area contributed by atoms with Gasteiger partial charge in [-0.05, 0) is 11.6 Å². The molecule has 1 rings (SSSR count). The van der Waals surface area contributed by atoms with Gasteiger partial charge in [0.15, 0.2) is 0 Å². The molecule has 7 heteroatoms. The molecule has 0 saturated carbocycles. The molecule has 16 heavy (non-hydrogen) atoms. The van der Waals surface area contributed by atoms with E-state index in [9.17, 15) is 13.6 Å². The summed E-state index contributed by atoms with van der Waals surface area (Å²) in [6.45, 7) is 0. The first-order valence-corrected chi connectivity index (χ1v) is 5.42. The zero-order chi connectivity index (χ0) is 12.3. The van der Waals surface area contributed by atoms with Crippen LogP contribution in [0.4, 0.5) is 14.6 Å². The van der Waals surface area contributed by atoms with Gasteiger partial charge in [0.25, 0.3) is 6.43 Å². The molecular formula is C9H9BrF2N2O2. The van der Waals surface area contributed by atoms with Crippen LogP contribution in [0.2, 0.25) is 0 Å². The number of nitrogens with zero attached hydrogens (tertiary/aromatic N) is 1. The van der Waals surface area contributed by atoms with Gasteiger partial charge in [0, 0.05) is 10.9 Å². The van der Waals surface area contributed by atoms with Crippen LogP contribution in [0.5, 0.6) is 0 Å². The Balaban J connectivity index is 3.32. The van der Waals surface area contributed by atoms with Crippen molar-refractivity contribution in [2.45, 2.75) is 18.2 Å². The van der Waals surface area contributed by atoms with Crippen LogP contribution >= 0.6 is 15.9 Å². The fraction of sp³-hybridized carbons (Fsp3) is 0.333. The smallest absolute Gasteiger partial charge is 0.309 e. The summed E-state index contributed by atoms with van der Waals surface area (Å²) in [6.07, 6.45) is -3.33. The van der Waals surface area contributed by atoms with E-state index in [1.165, 1.54) is 6.07 Å². The Hall–Kier alpha value is -1.24. The first-order valence-electron chi connectivity index (χ1n) is 4.29. The van der Waals surface area contributed by atoms with Crippen molar-refractivity contribution in [3.8, 4) is 0 Å². The minimum Gasteiger partial charge on any atom is -0.481 e. The van der Waals surface area contributed by atoms with Gasteiger partial charge < -0.3 is 10.8 Å². The van der Waals surface area contributed by atoms with Gasteiger partial charge in [0.2, 0.25) is 0 Å². The second-order valence-electron chi connectivity index (χ2n) is 3.07. The van der Waals surface area contributed by atoms with Gasteiger partial charge in [-0.15, -0.1) is 0 Å². The van der Waals surface area contributed by atoms with Gasteiger partial charge in [-0.2, -0.15) is 0 Å². The molecule has 0 fully saturated rings. The number of carboxylic acid groups (broad SMARTS) is 1. The molecule has 0 radical (unpaired) electrons. The molecule has 1 aromatic heterocycles. The monoisotopic (exact) mass is 294 g/mol. The molecular weight excluding hydrogens is 286 g/mol. The normalized spacial score (nSPS) is 10.8. The predicted octanol–water partition coefficient (Wildman–Crippen LogP) is 2.12. The average Bonchev–Trinajstić information content (AvgIpc) is 2.14. The quantitative estimate of drug-likeness (QED) is 0.834. The zero-order valence-electron chi connectivity index (χ0n) is 8.08. The van der Waals surface area contributed by atoms with Crippen LogP contribution in [0.1, 0.15) is 23.2 Å². The topological polar surface area (TPSA) is 76.2 Å². The van der Waals surface area contributed by atoms with Gasteiger partial charge in [0.1, 0.15) is 5.82 Å². The highest BCUT2D eigenvalue weighted by molar-refractivity contribution is 9.08. The van der Waals surface area contributed by atoms with Gasteiger partial charge in [0.05, 0.1) is 12.1 Å². The maximum atomic E-state index is 12.8. The summed E-state index contributed by atoms with van der Waals surface area (Å²) in [5.74, 6) is -1.18. The lowest BCUT2D eigenvalue weighted by Crippen LogP contribution is -2.10. The van der Waals surface area contributed by atoms with Crippen LogP contribution in [0, 0.1) is 0 Å². The average molecular weight is 295 g/mol. The van der Waals surface area contributed by atoms with E-state index in [1.807, 2.05) is 0 Å². The molecule has 1 heterocycles. The van der Waals surface area contributed by atoms with Crippen LogP contribution in [-0.4, -0.2) is 16.1 Å². The van der Waals surface area contributed by atoms with Gasteiger partial charge in [-0.3, -0.25) is 4.79 Å². The number of anilines is 1. The summed E-state index contributed by atoms with van der Waals surface area (Å²) in [5.41, 5.74) is 5.14. The van der Waals surface area contributed by atoms with Crippen molar-refractivity contribution in [1.82, 2.24) is 4.98 Å². The molecule has 0 aliphatic rings. The summed E-state index contributed by atoms with van der Waals surface area (Å²) in [4.78, 5) is 14.2. The number of carboxylic acids is 1. The maximum Gasteiger partial charge on any atom is 0.309 e. The van der Waals surface area contributed by atoms with Crippen molar-refractivity contribution >= 4 is 27.7 Å². The van der Waals surface area contributed by atoms with Crippen LogP contribution in [0.25, 0.3) is 0 Å². The molecule has 3 N–H and O–H groups in total. The molecule has 0 spiro atoms. The summed E-state index contributed by atoms with van der Waals surface area (Å²) in [6, 6.07) is 1.31. The largest absolute Gasteiger partial charge is 0.481 e. The van der Waals surface area contributed by atoms with E-state index < -0.39 is 18.8 Å². The minimum absolute atomic E-state index is 0.0371. The molecule has 0 aromatic carbocycles. The second kappa shape index (κ2) is 5.20. The van der Waals surface area contributed by atoms with Gasteiger partial charge in [-0.1, -0.05) is 15.9 Å². The number of halogens is 3. The van der Waals surface area contributed by atoms with E-state index >= 15 is 0 Å². The summed E-state index contributed by atoms with van der Waals surface area (Å²) in [7, 11) is 0. The molecule has 0 unspecified atom stereocenters. The number of alkyl halides is 3. The Morgan fingerprint density at radius 1 is 1.62 bits per heavy atom. The lowest BCUT2D eigenvalue weighted by molar-refractivity contribution is -0.136. The maximum absolute atomic E-state index is 12.8. The summed E-state index contributed by atoms with van der Waals surface area (Å²) >= 11 is 3.05. The lowest BCUT2D eigenvalue weighted by atomic mass is 10.1. The van der Waals surface area contributed by atoms with E-state index in [4.69, 9.17) is 10.8 Å².